The number of hydrogen-bond acceptors (Lipinski definition) is 4. The minimum atomic E-state index is -3.41. The number of piperidine rings is 1. The third-order valence-corrected chi connectivity index (χ3v) is 6.86. The van der Waals surface area contributed by atoms with E-state index in [1.54, 1.807) is 4.90 Å². The predicted octanol–water partition coefficient (Wildman–Crippen LogP) is 2.94. The number of hydrogen-bond donors (Lipinski definition) is 1. The van der Waals surface area contributed by atoms with Crippen LogP contribution in [0, 0.1) is 11.6 Å². The zero-order valence-electron chi connectivity index (χ0n) is 17.4. The summed E-state index contributed by atoms with van der Waals surface area (Å²) in [7, 11) is -3.41. The van der Waals surface area contributed by atoms with Crippen molar-refractivity contribution in [2.75, 3.05) is 19.4 Å². The van der Waals surface area contributed by atoms with Gasteiger partial charge in [-0.3, -0.25) is 4.79 Å². The molecule has 0 unspecified atom stereocenters. The van der Waals surface area contributed by atoms with Crippen molar-refractivity contribution >= 4 is 15.9 Å². The third-order valence-electron chi connectivity index (χ3n) is 6.13. The molecule has 1 aliphatic heterocycles. The van der Waals surface area contributed by atoms with Crippen LogP contribution in [0.5, 0.6) is 0 Å². The van der Waals surface area contributed by atoms with Crippen molar-refractivity contribution in [3.05, 3.63) is 35.4 Å². The molecular formula is C21H30F2N2O4S. The summed E-state index contributed by atoms with van der Waals surface area (Å²) in [6.45, 7) is 2.28. The summed E-state index contributed by atoms with van der Waals surface area (Å²) in [6, 6.07) is 3.19. The Morgan fingerprint density at radius 1 is 1.17 bits per heavy atom. The number of nitrogens with one attached hydrogen (secondary N) is 1. The summed E-state index contributed by atoms with van der Waals surface area (Å²) in [5, 5.41) is 0. The lowest BCUT2D eigenvalue weighted by Crippen LogP contribution is -2.58. The smallest absolute Gasteiger partial charge is 0.219 e. The Balaban J connectivity index is 1.60. The molecule has 1 heterocycles. The predicted molar refractivity (Wildman–Crippen MR) is 109 cm³/mol. The highest BCUT2D eigenvalue weighted by Gasteiger charge is 2.36. The molecule has 30 heavy (non-hydrogen) atoms. The second-order valence-corrected chi connectivity index (χ2v) is 10.1. The SMILES string of the molecule is CC(=O)N1CCC[C@H](NS(C)(=O)=O)[C@@H]1COC1CCC(c2c(F)cccc2F)CC1. The van der Waals surface area contributed by atoms with Crippen molar-refractivity contribution in [1.29, 1.82) is 0 Å². The average Bonchev–Trinajstić information content (AvgIpc) is 2.66. The normalized spacial score (nSPS) is 27.8. The fourth-order valence-electron chi connectivity index (χ4n) is 4.72. The van der Waals surface area contributed by atoms with E-state index in [4.69, 9.17) is 4.74 Å². The first kappa shape index (κ1) is 23.1. The minimum absolute atomic E-state index is 0.0781. The summed E-state index contributed by atoms with van der Waals surface area (Å²) >= 11 is 0. The van der Waals surface area contributed by atoms with Crippen LogP contribution in [-0.2, 0) is 19.6 Å². The molecule has 1 aromatic rings. The van der Waals surface area contributed by atoms with Gasteiger partial charge in [0, 0.05) is 25.1 Å². The van der Waals surface area contributed by atoms with Gasteiger partial charge in [-0.25, -0.2) is 21.9 Å². The lowest BCUT2D eigenvalue weighted by atomic mass is 9.82. The molecule has 0 spiro atoms. The van der Waals surface area contributed by atoms with Crippen LogP contribution in [-0.4, -0.2) is 56.8 Å². The number of rotatable bonds is 6. The quantitative estimate of drug-likeness (QED) is 0.732. The molecule has 2 fully saturated rings. The number of sulfonamides is 1. The second kappa shape index (κ2) is 9.70. The van der Waals surface area contributed by atoms with Crippen molar-refractivity contribution in [1.82, 2.24) is 9.62 Å². The number of amides is 1. The maximum Gasteiger partial charge on any atom is 0.219 e. The molecule has 9 heteroatoms. The van der Waals surface area contributed by atoms with E-state index in [0.717, 1.165) is 12.7 Å². The van der Waals surface area contributed by atoms with Crippen LogP contribution in [0.4, 0.5) is 8.78 Å². The van der Waals surface area contributed by atoms with Crippen molar-refractivity contribution in [2.24, 2.45) is 0 Å². The van der Waals surface area contributed by atoms with E-state index >= 15 is 0 Å². The van der Waals surface area contributed by atoms with Gasteiger partial charge in [-0.2, -0.15) is 0 Å². The summed E-state index contributed by atoms with van der Waals surface area (Å²) in [5.41, 5.74) is 0.156. The number of halogens is 2. The molecule has 0 radical (unpaired) electrons. The minimum Gasteiger partial charge on any atom is -0.376 e. The molecule has 3 rings (SSSR count). The van der Waals surface area contributed by atoms with Gasteiger partial charge in [-0.15, -0.1) is 0 Å². The zero-order chi connectivity index (χ0) is 21.9. The van der Waals surface area contributed by atoms with Crippen molar-refractivity contribution in [2.45, 2.75) is 69.6 Å². The van der Waals surface area contributed by atoms with Gasteiger partial charge in [0.1, 0.15) is 11.6 Å². The van der Waals surface area contributed by atoms with E-state index < -0.39 is 21.7 Å². The van der Waals surface area contributed by atoms with Crippen LogP contribution >= 0.6 is 0 Å². The van der Waals surface area contributed by atoms with E-state index in [1.165, 1.54) is 25.1 Å². The Labute approximate surface area is 177 Å². The molecule has 2 aliphatic rings. The van der Waals surface area contributed by atoms with Crippen molar-refractivity contribution in [3.63, 3.8) is 0 Å². The molecule has 168 valence electrons. The summed E-state index contributed by atoms with van der Waals surface area (Å²) in [4.78, 5) is 13.7. The standard InChI is InChI=1S/C21H30F2N2O4S/c1-14(26)25-12-4-7-19(24-30(2,27)28)20(25)13-29-16-10-8-15(9-11-16)21-17(22)5-3-6-18(21)23/h3,5-6,15-16,19-20,24H,4,7-13H2,1-2H3/t15?,16?,19-,20-/m0/s1. The Morgan fingerprint density at radius 3 is 2.37 bits per heavy atom. The van der Waals surface area contributed by atoms with Crippen LogP contribution in [0.1, 0.15) is 56.9 Å². The number of carbonyl (C=O) groups is 1. The van der Waals surface area contributed by atoms with E-state index in [0.29, 0.717) is 38.6 Å². The molecular weight excluding hydrogens is 414 g/mol. The molecule has 1 saturated carbocycles. The molecule has 1 amide bonds. The number of carbonyl (C=O) groups excluding carboxylic acids is 1. The maximum absolute atomic E-state index is 14.1. The molecule has 2 atom stereocenters. The fourth-order valence-corrected chi connectivity index (χ4v) is 5.54. The highest BCUT2D eigenvalue weighted by atomic mass is 32.2. The average molecular weight is 445 g/mol. The van der Waals surface area contributed by atoms with Gasteiger partial charge in [0.2, 0.25) is 15.9 Å². The van der Waals surface area contributed by atoms with Gasteiger partial charge in [-0.1, -0.05) is 6.07 Å². The molecule has 1 aliphatic carbocycles. The van der Waals surface area contributed by atoms with Gasteiger partial charge in [0.25, 0.3) is 0 Å². The summed E-state index contributed by atoms with van der Waals surface area (Å²) in [5.74, 6) is -1.29. The van der Waals surface area contributed by atoms with Gasteiger partial charge in [0.05, 0.1) is 25.0 Å². The van der Waals surface area contributed by atoms with E-state index in [-0.39, 0.29) is 42.2 Å². The van der Waals surface area contributed by atoms with Gasteiger partial charge < -0.3 is 9.64 Å². The Kier molecular flexibility index (Phi) is 7.47. The largest absolute Gasteiger partial charge is 0.376 e. The van der Waals surface area contributed by atoms with Crippen LogP contribution in [0.2, 0.25) is 0 Å². The zero-order valence-corrected chi connectivity index (χ0v) is 18.3. The summed E-state index contributed by atoms with van der Waals surface area (Å²) < 4.78 is 60.3. The number of benzene rings is 1. The molecule has 6 nitrogen and oxygen atoms in total. The van der Waals surface area contributed by atoms with Gasteiger partial charge in [0.15, 0.2) is 0 Å². The van der Waals surface area contributed by atoms with E-state index in [9.17, 15) is 22.0 Å². The number of ether oxygens (including phenoxy) is 1. The lowest BCUT2D eigenvalue weighted by molar-refractivity contribution is -0.136. The topological polar surface area (TPSA) is 75.7 Å². The number of nitrogens with zero attached hydrogens (tertiary/aromatic N) is 1. The van der Waals surface area contributed by atoms with Crippen molar-refractivity contribution in [3.8, 4) is 0 Å². The van der Waals surface area contributed by atoms with E-state index in [1.807, 2.05) is 0 Å². The third kappa shape index (κ3) is 5.76. The Bertz CT molecular complexity index is 836. The first-order chi connectivity index (χ1) is 14.2. The van der Waals surface area contributed by atoms with Crippen LogP contribution in [0.25, 0.3) is 0 Å². The van der Waals surface area contributed by atoms with Gasteiger partial charge in [-0.05, 0) is 56.6 Å². The van der Waals surface area contributed by atoms with Crippen LogP contribution < -0.4 is 4.72 Å². The van der Waals surface area contributed by atoms with Crippen LogP contribution in [0.15, 0.2) is 18.2 Å². The Hall–Kier alpha value is -1.58. The lowest BCUT2D eigenvalue weighted by Gasteiger charge is -2.41. The highest BCUT2D eigenvalue weighted by molar-refractivity contribution is 7.88. The molecule has 1 N–H and O–H groups in total. The van der Waals surface area contributed by atoms with E-state index in [2.05, 4.69) is 4.72 Å². The molecule has 0 bridgehead atoms. The fraction of sp³-hybridized carbons (Fsp3) is 0.667. The second-order valence-electron chi connectivity index (χ2n) is 8.36. The highest BCUT2D eigenvalue weighted by Crippen LogP contribution is 2.36. The first-order valence-corrected chi connectivity index (χ1v) is 12.3. The molecule has 1 aromatic carbocycles. The molecule has 1 saturated heterocycles. The summed E-state index contributed by atoms with van der Waals surface area (Å²) in [6.07, 6.45) is 4.97. The monoisotopic (exact) mass is 444 g/mol. The van der Waals surface area contributed by atoms with Crippen molar-refractivity contribution < 1.29 is 26.7 Å². The van der Waals surface area contributed by atoms with Crippen LogP contribution in [0.3, 0.4) is 0 Å². The number of likely N-dealkylation sites (tertiary alicyclic amines) is 1. The maximum atomic E-state index is 14.1. The van der Waals surface area contributed by atoms with Gasteiger partial charge >= 0.3 is 0 Å². The Morgan fingerprint density at radius 2 is 1.80 bits per heavy atom. The molecule has 0 aromatic heterocycles. The first-order valence-electron chi connectivity index (χ1n) is 10.5.